The number of rotatable bonds is 6. The van der Waals surface area contributed by atoms with Crippen LogP contribution < -0.4 is 19.5 Å². The van der Waals surface area contributed by atoms with E-state index in [2.05, 4.69) is 5.32 Å². The van der Waals surface area contributed by atoms with Crippen molar-refractivity contribution in [2.24, 2.45) is 0 Å². The number of nitrogens with zero attached hydrogens (tertiary/aromatic N) is 1. The van der Waals surface area contributed by atoms with Crippen molar-refractivity contribution in [3.05, 3.63) is 53.1 Å². The standard InChI is InChI=1S/C26H32N2O5/c1-28-24(16-10-12-18(31-2)13-11-16)23(25(29)27-17-8-6-5-7-9-17)19-14-21(32-3)22(33-4)15-20(19)26(28)30/h10-15,17,23-24H,5-9H2,1-4H3,(H,27,29)/t23-,24-/m1/s1. The second-order valence-corrected chi connectivity index (χ2v) is 8.75. The minimum Gasteiger partial charge on any atom is -0.497 e. The number of nitrogens with one attached hydrogen (secondary N) is 1. The third kappa shape index (κ3) is 4.36. The van der Waals surface area contributed by atoms with Gasteiger partial charge < -0.3 is 24.4 Å². The minimum absolute atomic E-state index is 0.0736. The third-order valence-corrected chi connectivity index (χ3v) is 6.87. The molecule has 1 aliphatic carbocycles. The van der Waals surface area contributed by atoms with Crippen LogP contribution in [0.15, 0.2) is 36.4 Å². The van der Waals surface area contributed by atoms with Crippen LogP contribution >= 0.6 is 0 Å². The van der Waals surface area contributed by atoms with Crippen LogP contribution in [0.1, 0.15) is 65.5 Å². The quantitative estimate of drug-likeness (QED) is 0.715. The Balaban J connectivity index is 1.82. The Kier molecular flexibility index (Phi) is 6.77. The van der Waals surface area contributed by atoms with Gasteiger partial charge in [0.2, 0.25) is 5.91 Å². The highest BCUT2D eigenvalue weighted by molar-refractivity contribution is 6.02. The number of ether oxygens (including phenoxy) is 3. The Morgan fingerprint density at radius 3 is 2.18 bits per heavy atom. The van der Waals surface area contributed by atoms with Crippen LogP contribution in [0.5, 0.6) is 17.2 Å². The van der Waals surface area contributed by atoms with Crippen LogP contribution in [-0.4, -0.2) is 51.1 Å². The van der Waals surface area contributed by atoms with Gasteiger partial charge in [-0.25, -0.2) is 0 Å². The Labute approximate surface area is 195 Å². The molecule has 1 fully saturated rings. The Hall–Kier alpha value is -3.22. The molecule has 2 aromatic rings. The van der Waals surface area contributed by atoms with Gasteiger partial charge in [-0.05, 0) is 48.2 Å². The molecule has 2 atom stereocenters. The van der Waals surface area contributed by atoms with E-state index in [1.165, 1.54) is 13.5 Å². The molecule has 1 aliphatic heterocycles. The summed E-state index contributed by atoms with van der Waals surface area (Å²) in [6.07, 6.45) is 5.43. The second-order valence-electron chi connectivity index (χ2n) is 8.75. The molecule has 0 saturated heterocycles. The summed E-state index contributed by atoms with van der Waals surface area (Å²) >= 11 is 0. The normalized spacial score (nSPS) is 20.7. The van der Waals surface area contributed by atoms with Crippen molar-refractivity contribution < 1.29 is 23.8 Å². The van der Waals surface area contributed by atoms with E-state index in [0.29, 0.717) is 22.6 Å². The first kappa shape index (κ1) is 23.0. The molecule has 0 bridgehead atoms. The van der Waals surface area contributed by atoms with Crippen LogP contribution in [0.4, 0.5) is 0 Å². The lowest BCUT2D eigenvalue weighted by Crippen LogP contribution is -2.48. The van der Waals surface area contributed by atoms with Gasteiger partial charge in [0.15, 0.2) is 11.5 Å². The predicted molar refractivity (Wildman–Crippen MR) is 125 cm³/mol. The van der Waals surface area contributed by atoms with Gasteiger partial charge in [0.25, 0.3) is 5.91 Å². The van der Waals surface area contributed by atoms with Gasteiger partial charge >= 0.3 is 0 Å². The average Bonchev–Trinajstić information content (AvgIpc) is 2.85. The lowest BCUT2D eigenvalue weighted by Gasteiger charge is -2.40. The number of amides is 2. The van der Waals surface area contributed by atoms with Crippen molar-refractivity contribution in [2.75, 3.05) is 28.4 Å². The minimum atomic E-state index is -0.585. The zero-order valence-corrected chi connectivity index (χ0v) is 19.7. The van der Waals surface area contributed by atoms with Crippen LogP contribution in [0.25, 0.3) is 0 Å². The fraction of sp³-hybridized carbons (Fsp3) is 0.462. The first-order valence-corrected chi connectivity index (χ1v) is 11.5. The molecule has 0 unspecified atom stereocenters. The van der Waals surface area contributed by atoms with Crippen LogP contribution in [0.3, 0.4) is 0 Å². The summed E-state index contributed by atoms with van der Waals surface area (Å²) < 4.78 is 16.2. The van der Waals surface area contributed by atoms with E-state index < -0.39 is 12.0 Å². The molecular weight excluding hydrogens is 420 g/mol. The molecule has 1 N–H and O–H groups in total. The molecule has 4 rings (SSSR count). The monoisotopic (exact) mass is 452 g/mol. The summed E-state index contributed by atoms with van der Waals surface area (Å²) in [4.78, 5) is 28.9. The molecule has 1 heterocycles. The maximum Gasteiger partial charge on any atom is 0.254 e. The second kappa shape index (κ2) is 9.73. The van der Waals surface area contributed by atoms with E-state index >= 15 is 0 Å². The lowest BCUT2D eigenvalue weighted by atomic mass is 9.78. The largest absolute Gasteiger partial charge is 0.497 e. The van der Waals surface area contributed by atoms with E-state index in [9.17, 15) is 9.59 Å². The number of methoxy groups -OCH3 is 3. The molecule has 1 saturated carbocycles. The van der Waals surface area contributed by atoms with Crippen molar-refractivity contribution in [3.8, 4) is 17.2 Å². The van der Waals surface area contributed by atoms with Gasteiger partial charge in [-0.15, -0.1) is 0 Å². The molecule has 0 aromatic heterocycles. The van der Waals surface area contributed by atoms with E-state index in [-0.39, 0.29) is 17.9 Å². The van der Waals surface area contributed by atoms with Crippen molar-refractivity contribution in [2.45, 2.75) is 50.1 Å². The molecule has 7 nitrogen and oxygen atoms in total. The van der Waals surface area contributed by atoms with Gasteiger partial charge in [-0.2, -0.15) is 0 Å². The SMILES string of the molecule is COc1ccc([C@@H]2[C@H](C(=O)NC3CCCCC3)c3cc(OC)c(OC)cc3C(=O)N2C)cc1. The fourth-order valence-corrected chi connectivity index (χ4v) is 5.09. The molecule has 0 spiro atoms. The van der Waals surface area contributed by atoms with Crippen LogP contribution in [0.2, 0.25) is 0 Å². The Bertz CT molecular complexity index is 1010. The third-order valence-electron chi connectivity index (χ3n) is 6.87. The highest BCUT2D eigenvalue weighted by atomic mass is 16.5. The van der Waals surface area contributed by atoms with Crippen molar-refractivity contribution in [1.82, 2.24) is 10.2 Å². The number of likely N-dealkylation sites (N-methyl/N-ethyl adjacent to an activating group) is 1. The molecular formula is C26H32N2O5. The average molecular weight is 453 g/mol. The first-order valence-electron chi connectivity index (χ1n) is 11.5. The lowest BCUT2D eigenvalue weighted by molar-refractivity contribution is -0.125. The van der Waals surface area contributed by atoms with Gasteiger partial charge in [0.1, 0.15) is 5.75 Å². The van der Waals surface area contributed by atoms with Crippen molar-refractivity contribution in [1.29, 1.82) is 0 Å². The number of fused-ring (bicyclic) bond motifs is 1. The van der Waals surface area contributed by atoms with E-state index in [4.69, 9.17) is 14.2 Å². The maximum atomic E-state index is 13.8. The van der Waals surface area contributed by atoms with E-state index in [1.54, 1.807) is 38.3 Å². The summed E-state index contributed by atoms with van der Waals surface area (Å²) in [6.45, 7) is 0. The van der Waals surface area contributed by atoms with Crippen molar-refractivity contribution >= 4 is 11.8 Å². The van der Waals surface area contributed by atoms with E-state index in [0.717, 1.165) is 37.0 Å². The highest BCUT2D eigenvalue weighted by Gasteiger charge is 2.44. The predicted octanol–water partition coefficient (Wildman–Crippen LogP) is 4.07. The number of benzene rings is 2. The number of carbonyl (C=O) groups excluding carboxylic acids is 2. The van der Waals surface area contributed by atoms with Crippen molar-refractivity contribution in [3.63, 3.8) is 0 Å². The van der Waals surface area contributed by atoms with Gasteiger partial charge in [-0.1, -0.05) is 31.4 Å². The number of hydrogen-bond acceptors (Lipinski definition) is 5. The zero-order chi connectivity index (χ0) is 23.5. The molecule has 7 heteroatoms. The molecule has 176 valence electrons. The molecule has 2 aliphatic rings. The number of carbonyl (C=O) groups is 2. The molecule has 0 radical (unpaired) electrons. The van der Waals surface area contributed by atoms with Crippen LogP contribution in [-0.2, 0) is 4.79 Å². The van der Waals surface area contributed by atoms with E-state index in [1.807, 2.05) is 24.3 Å². The highest BCUT2D eigenvalue weighted by Crippen LogP contribution is 2.46. The van der Waals surface area contributed by atoms with Gasteiger partial charge in [0, 0.05) is 18.7 Å². The molecule has 2 amide bonds. The summed E-state index contributed by atoms with van der Waals surface area (Å²) in [7, 11) is 6.45. The van der Waals surface area contributed by atoms with Crippen LogP contribution in [0, 0.1) is 0 Å². The smallest absolute Gasteiger partial charge is 0.254 e. The number of hydrogen-bond donors (Lipinski definition) is 1. The zero-order valence-electron chi connectivity index (χ0n) is 19.7. The fourth-order valence-electron chi connectivity index (χ4n) is 5.09. The summed E-state index contributed by atoms with van der Waals surface area (Å²) in [5.74, 6) is 0.866. The summed E-state index contributed by atoms with van der Waals surface area (Å²) in [5, 5.41) is 3.28. The first-order chi connectivity index (χ1) is 16.0. The maximum absolute atomic E-state index is 13.8. The summed E-state index contributed by atoms with van der Waals surface area (Å²) in [5.41, 5.74) is 1.99. The molecule has 2 aromatic carbocycles. The van der Waals surface area contributed by atoms with Gasteiger partial charge in [-0.3, -0.25) is 9.59 Å². The Morgan fingerprint density at radius 2 is 1.58 bits per heavy atom. The Morgan fingerprint density at radius 1 is 0.939 bits per heavy atom. The van der Waals surface area contributed by atoms with Gasteiger partial charge in [0.05, 0.1) is 33.3 Å². The topological polar surface area (TPSA) is 77.1 Å². The molecule has 33 heavy (non-hydrogen) atoms. The summed E-state index contributed by atoms with van der Waals surface area (Å²) in [6, 6.07) is 10.7.